The van der Waals surface area contributed by atoms with E-state index in [1.807, 2.05) is 20.8 Å². The van der Waals surface area contributed by atoms with Crippen molar-refractivity contribution in [3.8, 4) is 0 Å². The van der Waals surface area contributed by atoms with E-state index in [0.717, 1.165) is 12.0 Å². The zero-order chi connectivity index (χ0) is 19.2. The minimum Gasteiger partial charge on any atom is -0.0955 e. The SMILES string of the molecule is C=C(C)c1ccc(/C=C/CCC)cc1.CC.Cc1ccc(C)c(C)c1. The second-order valence-corrected chi connectivity index (χ2v) is 6.18. The van der Waals surface area contributed by atoms with Crippen LogP contribution in [0.15, 0.2) is 55.1 Å². The average Bonchev–Trinajstić information content (AvgIpc) is 2.61. The first-order valence-electron chi connectivity index (χ1n) is 9.40. The molecule has 136 valence electrons. The Morgan fingerprint density at radius 2 is 1.52 bits per heavy atom. The predicted molar refractivity (Wildman–Crippen MR) is 117 cm³/mol. The Bertz CT molecular complexity index is 642. The number of unbranched alkanes of at least 4 members (excludes halogenated alkanes) is 1. The first-order chi connectivity index (χ1) is 11.9. The fourth-order valence-electron chi connectivity index (χ4n) is 2.16. The zero-order valence-corrected chi connectivity index (χ0v) is 17.3. The zero-order valence-electron chi connectivity index (χ0n) is 17.3. The third-order valence-electron chi connectivity index (χ3n) is 3.83. The molecule has 2 aromatic rings. The van der Waals surface area contributed by atoms with Crippen molar-refractivity contribution in [1.29, 1.82) is 0 Å². The third kappa shape index (κ3) is 9.72. The highest BCUT2D eigenvalue weighted by atomic mass is 14.0. The fourth-order valence-corrected chi connectivity index (χ4v) is 2.16. The van der Waals surface area contributed by atoms with E-state index in [1.54, 1.807) is 0 Å². The highest BCUT2D eigenvalue weighted by Gasteiger charge is 1.91. The molecule has 0 saturated heterocycles. The van der Waals surface area contributed by atoms with Gasteiger partial charge in [0.1, 0.15) is 0 Å². The topological polar surface area (TPSA) is 0 Å². The van der Waals surface area contributed by atoms with Gasteiger partial charge in [-0.2, -0.15) is 0 Å². The quantitative estimate of drug-likeness (QED) is 0.528. The average molecular weight is 337 g/mol. The lowest BCUT2D eigenvalue weighted by Gasteiger charge is -1.99. The molecule has 25 heavy (non-hydrogen) atoms. The van der Waals surface area contributed by atoms with Gasteiger partial charge in [0, 0.05) is 0 Å². The molecule has 2 rings (SSSR count). The molecule has 0 saturated carbocycles. The molecule has 0 heterocycles. The van der Waals surface area contributed by atoms with Gasteiger partial charge in [0.15, 0.2) is 0 Å². The van der Waals surface area contributed by atoms with Gasteiger partial charge in [0.25, 0.3) is 0 Å². The molecule has 0 unspecified atom stereocenters. The second-order valence-electron chi connectivity index (χ2n) is 6.18. The smallest absolute Gasteiger partial charge is 0.0233 e. The van der Waals surface area contributed by atoms with Gasteiger partial charge in [-0.1, -0.05) is 99.5 Å². The van der Waals surface area contributed by atoms with Crippen LogP contribution in [0.4, 0.5) is 0 Å². The summed E-state index contributed by atoms with van der Waals surface area (Å²) < 4.78 is 0. The Kier molecular flexibility index (Phi) is 12.1. The molecule has 0 aliphatic rings. The van der Waals surface area contributed by atoms with Crippen LogP contribution < -0.4 is 0 Å². The number of rotatable bonds is 4. The number of allylic oxidation sites excluding steroid dienone is 2. The summed E-state index contributed by atoms with van der Waals surface area (Å²) in [5.41, 5.74) is 7.71. The molecule has 0 atom stereocenters. The van der Waals surface area contributed by atoms with Gasteiger partial charge in [0.05, 0.1) is 0 Å². The molecule has 0 radical (unpaired) electrons. The normalized spacial score (nSPS) is 9.72. The van der Waals surface area contributed by atoms with Crippen molar-refractivity contribution < 1.29 is 0 Å². The van der Waals surface area contributed by atoms with Crippen molar-refractivity contribution in [2.24, 2.45) is 0 Å². The van der Waals surface area contributed by atoms with E-state index in [1.165, 1.54) is 34.2 Å². The molecule has 0 N–H and O–H groups in total. The molecule has 0 aliphatic heterocycles. The number of benzene rings is 2. The fraction of sp³-hybridized carbons (Fsp3) is 0.360. The van der Waals surface area contributed by atoms with Crippen molar-refractivity contribution in [3.63, 3.8) is 0 Å². The van der Waals surface area contributed by atoms with Crippen molar-refractivity contribution in [2.45, 2.75) is 61.3 Å². The standard InChI is InChI=1S/C14H18.C9H12.C2H6/c1-4-5-6-7-13-8-10-14(11-9-13)12(2)3;1-7-4-5-8(2)9(3)6-7;1-2/h6-11H,2,4-5H2,1,3H3;4-6H,1-3H3;1-2H3/b7-6+;;. The predicted octanol–water partition coefficient (Wildman–Crippen LogP) is 8.17. The van der Waals surface area contributed by atoms with Crippen LogP contribution in [0.5, 0.6) is 0 Å². The van der Waals surface area contributed by atoms with Crippen molar-refractivity contribution >= 4 is 11.6 Å². The number of hydrogen-bond donors (Lipinski definition) is 0. The van der Waals surface area contributed by atoms with Gasteiger partial charge in [-0.25, -0.2) is 0 Å². The van der Waals surface area contributed by atoms with Gasteiger partial charge in [-0.3, -0.25) is 0 Å². The molecule has 0 nitrogen and oxygen atoms in total. The van der Waals surface area contributed by atoms with Gasteiger partial charge in [-0.05, 0) is 56.4 Å². The van der Waals surface area contributed by atoms with Crippen LogP contribution in [0.2, 0.25) is 0 Å². The highest BCUT2D eigenvalue weighted by molar-refractivity contribution is 5.63. The molecule has 2 aromatic carbocycles. The lowest BCUT2D eigenvalue weighted by Crippen LogP contribution is -1.79. The highest BCUT2D eigenvalue weighted by Crippen LogP contribution is 2.13. The summed E-state index contributed by atoms with van der Waals surface area (Å²) in [6.07, 6.45) is 6.75. The molecule has 0 spiro atoms. The molecule has 0 amide bonds. The van der Waals surface area contributed by atoms with Crippen LogP contribution in [-0.2, 0) is 0 Å². The monoisotopic (exact) mass is 336 g/mol. The number of hydrogen-bond acceptors (Lipinski definition) is 0. The minimum absolute atomic E-state index is 1.12. The summed E-state index contributed by atoms with van der Waals surface area (Å²) in [5.74, 6) is 0. The lowest BCUT2D eigenvalue weighted by molar-refractivity contribution is 0.962. The molecule has 0 heteroatoms. The van der Waals surface area contributed by atoms with E-state index in [4.69, 9.17) is 0 Å². The second kappa shape index (κ2) is 13.2. The first kappa shape index (κ1) is 22.9. The first-order valence-corrected chi connectivity index (χ1v) is 9.40. The Balaban J connectivity index is 0.000000451. The summed E-state index contributed by atoms with van der Waals surface area (Å²) in [7, 11) is 0. The summed E-state index contributed by atoms with van der Waals surface area (Å²) in [4.78, 5) is 0. The Hall–Kier alpha value is -2.08. The maximum Gasteiger partial charge on any atom is -0.0233 e. The summed E-state index contributed by atoms with van der Waals surface area (Å²) in [5, 5.41) is 0. The van der Waals surface area contributed by atoms with Gasteiger partial charge >= 0.3 is 0 Å². The van der Waals surface area contributed by atoms with Crippen LogP contribution in [0.1, 0.15) is 68.4 Å². The molecule has 0 aliphatic carbocycles. The van der Waals surface area contributed by atoms with Crippen LogP contribution in [0.25, 0.3) is 11.6 Å². The molecular formula is C25H36. The van der Waals surface area contributed by atoms with Crippen molar-refractivity contribution in [3.05, 3.63) is 82.9 Å². The minimum atomic E-state index is 1.12. The maximum absolute atomic E-state index is 3.91. The van der Waals surface area contributed by atoms with E-state index in [0.29, 0.717) is 0 Å². The van der Waals surface area contributed by atoms with E-state index >= 15 is 0 Å². The van der Waals surface area contributed by atoms with Crippen LogP contribution in [-0.4, -0.2) is 0 Å². The largest absolute Gasteiger partial charge is 0.0955 e. The van der Waals surface area contributed by atoms with E-state index in [-0.39, 0.29) is 0 Å². The van der Waals surface area contributed by atoms with Crippen LogP contribution in [0.3, 0.4) is 0 Å². The van der Waals surface area contributed by atoms with Crippen LogP contribution >= 0.6 is 0 Å². The summed E-state index contributed by atoms with van der Waals surface area (Å²) in [6, 6.07) is 15.0. The van der Waals surface area contributed by atoms with Gasteiger partial charge < -0.3 is 0 Å². The van der Waals surface area contributed by atoms with Crippen LogP contribution in [0, 0.1) is 20.8 Å². The van der Waals surface area contributed by atoms with E-state index in [9.17, 15) is 0 Å². The Morgan fingerprint density at radius 1 is 0.920 bits per heavy atom. The maximum atomic E-state index is 3.91. The van der Waals surface area contributed by atoms with Crippen molar-refractivity contribution in [1.82, 2.24) is 0 Å². The lowest BCUT2D eigenvalue weighted by atomic mass is 10.1. The van der Waals surface area contributed by atoms with Crippen molar-refractivity contribution in [2.75, 3.05) is 0 Å². The summed E-state index contributed by atoms with van der Waals surface area (Å²) in [6.45, 7) is 18.5. The van der Waals surface area contributed by atoms with E-state index in [2.05, 4.69) is 88.9 Å². The van der Waals surface area contributed by atoms with Gasteiger partial charge in [0.2, 0.25) is 0 Å². The molecule has 0 aromatic heterocycles. The Morgan fingerprint density at radius 3 is 1.96 bits per heavy atom. The molecular weight excluding hydrogens is 300 g/mol. The summed E-state index contributed by atoms with van der Waals surface area (Å²) >= 11 is 0. The van der Waals surface area contributed by atoms with Gasteiger partial charge in [-0.15, -0.1) is 0 Å². The molecule has 0 fully saturated rings. The van der Waals surface area contributed by atoms with E-state index < -0.39 is 0 Å². The Labute approximate surface area is 156 Å². The molecule has 0 bridgehead atoms. The third-order valence-corrected chi connectivity index (χ3v) is 3.83. The number of aryl methyl sites for hydroxylation is 3.